The third-order valence-corrected chi connectivity index (χ3v) is 10.6. The van der Waals surface area contributed by atoms with E-state index in [1.807, 2.05) is 88.4 Å². The molecule has 2 heterocycles. The van der Waals surface area contributed by atoms with E-state index in [0.29, 0.717) is 23.5 Å². The van der Waals surface area contributed by atoms with Gasteiger partial charge in [-0.05, 0) is 80.8 Å². The van der Waals surface area contributed by atoms with Crippen LogP contribution in [0.1, 0.15) is 72.4 Å². The second-order valence-corrected chi connectivity index (χ2v) is 18.8. The van der Waals surface area contributed by atoms with Crippen molar-refractivity contribution in [2.24, 2.45) is 17.6 Å². The summed E-state index contributed by atoms with van der Waals surface area (Å²) in [6.45, 7) is 13.4. The number of aromatic nitrogens is 2. The molecule has 0 spiro atoms. The summed E-state index contributed by atoms with van der Waals surface area (Å²) in [5, 5.41) is 4.58. The molecular weight excluding hydrogens is 731 g/mol. The van der Waals surface area contributed by atoms with Crippen LogP contribution in [0.25, 0.3) is 21.8 Å². The van der Waals surface area contributed by atoms with Crippen molar-refractivity contribution in [3.05, 3.63) is 84.2 Å². The van der Waals surface area contributed by atoms with Gasteiger partial charge in [0.05, 0.1) is 34.0 Å². The molecule has 14 heteroatoms. The maximum Gasteiger partial charge on any atom is 0.407 e. The molecule has 284 valence electrons. The van der Waals surface area contributed by atoms with Gasteiger partial charge >= 0.3 is 6.09 Å². The lowest BCUT2D eigenvalue weighted by Gasteiger charge is -2.24. The number of hydrogen-bond acceptors (Lipinski definition) is 9. The first-order valence-corrected chi connectivity index (χ1v) is 20.3. The van der Waals surface area contributed by atoms with E-state index in [4.69, 9.17) is 10.5 Å². The molecule has 3 N–H and O–H groups in total. The van der Waals surface area contributed by atoms with Crippen molar-refractivity contribution >= 4 is 72.4 Å². The molecule has 4 rings (SSSR count). The smallest absolute Gasteiger partial charge is 0.407 e. The van der Waals surface area contributed by atoms with Crippen molar-refractivity contribution in [1.29, 1.82) is 0 Å². The van der Waals surface area contributed by atoms with E-state index in [9.17, 15) is 21.6 Å². The van der Waals surface area contributed by atoms with Crippen LogP contribution in [0.2, 0.25) is 0 Å². The summed E-state index contributed by atoms with van der Waals surface area (Å²) in [6, 6.07) is 18.2. The van der Waals surface area contributed by atoms with Crippen LogP contribution >= 0.6 is 24.8 Å². The summed E-state index contributed by atoms with van der Waals surface area (Å²) in [7, 11) is -6.66. The van der Waals surface area contributed by atoms with Crippen molar-refractivity contribution < 1.29 is 26.4 Å². The Morgan fingerprint density at radius 1 is 0.745 bits per heavy atom. The Morgan fingerprint density at radius 3 is 1.61 bits per heavy atom. The molecule has 0 aliphatic heterocycles. The van der Waals surface area contributed by atoms with Gasteiger partial charge in [0.1, 0.15) is 5.60 Å². The lowest BCUT2D eigenvalue weighted by atomic mass is 10.1. The second kappa shape index (κ2) is 20.3. The number of amides is 1. The number of alkyl carbamates (subject to hydrolysis) is 1. The van der Waals surface area contributed by atoms with Gasteiger partial charge < -0.3 is 15.8 Å². The van der Waals surface area contributed by atoms with E-state index in [1.165, 1.54) is 0 Å². The largest absolute Gasteiger partial charge is 0.444 e. The van der Waals surface area contributed by atoms with Gasteiger partial charge in [0.15, 0.2) is 19.7 Å². The fourth-order valence-corrected chi connectivity index (χ4v) is 8.72. The maximum atomic E-state index is 12.8. The highest BCUT2D eigenvalue weighted by Crippen LogP contribution is 2.18. The van der Waals surface area contributed by atoms with Crippen LogP contribution in [0.4, 0.5) is 4.79 Å². The molecule has 0 aliphatic rings. The quantitative estimate of drug-likeness (QED) is 0.140. The van der Waals surface area contributed by atoms with E-state index >= 15 is 0 Å². The molecular formula is C37H54Cl2N4O6S2. The normalized spacial score (nSPS) is 13.1. The van der Waals surface area contributed by atoms with Gasteiger partial charge in [-0.15, -0.1) is 24.8 Å². The zero-order valence-electron chi connectivity index (χ0n) is 30.5. The first kappa shape index (κ1) is 46.0. The van der Waals surface area contributed by atoms with Crippen molar-refractivity contribution in [2.75, 3.05) is 11.5 Å². The highest BCUT2D eigenvalue weighted by atomic mass is 35.5. The number of ether oxygens (including phenoxy) is 1. The molecule has 51 heavy (non-hydrogen) atoms. The van der Waals surface area contributed by atoms with Crippen LogP contribution < -0.4 is 11.1 Å². The summed E-state index contributed by atoms with van der Waals surface area (Å²) in [4.78, 5) is 20.7. The number of halogens is 2. The van der Waals surface area contributed by atoms with E-state index in [2.05, 4.69) is 15.3 Å². The monoisotopic (exact) mass is 784 g/mol. The highest BCUT2D eigenvalue weighted by molar-refractivity contribution is 7.90. The number of fused-ring (bicyclic) bond motifs is 2. The number of carbonyl (C=O) groups excluding carboxylic acids is 1. The van der Waals surface area contributed by atoms with Crippen molar-refractivity contribution in [3.8, 4) is 0 Å². The minimum absolute atomic E-state index is 0. The number of sulfone groups is 2. The number of nitrogens with two attached hydrogens (primary N) is 1. The van der Waals surface area contributed by atoms with Crippen LogP contribution in [0.3, 0.4) is 0 Å². The minimum atomic E-state index is -3.45. The number of pyridine rings is 2. The predicted molar refractivity (Wildman–Crippen MR) is 213 cm³/mol. The third-order valence-electron chi connectivity index (χ3n) is 7.24. The third kappa shape index (κ3) is 17.4. The average Bonchev–Trinajstić information content (AvgIpc) is 2.94. The van der Waals surface area contributed by atoms with Gasteiger partial charge in [-0.1, -0.05) is 64.1 Å². The summed E-state index contributed by atoms with van der Waals surface area (Å²) >= 11 is 0. The van der Waals surface area contributed by atoms with Gasteiger partial charge in [0, 0.05) is 35.2 Å². The van der Waals surface area contributed by atoms with E-state index in [0.717, 1.165) is 28.2 Å². The minimum Gasteiger partial charge on any atom is -0.444 e. The van der Waals surface area contributed by atoms with E-state index in [-0.39, 0.29) is 59.8 Å². The zero-order valence-corrected chi connectivity index (χ0v) is 33.8. The number of para-hydroxylation sites is 2. The Hall–Kier alpha value is -3.03. The van der Waals surface area contributed by atoms with Crippen molar-refractivity contribution in [3.63, 3.8) is 0 Å². The number of benzene rings is 2. The Labute approximate surface area is 316 Å². The van der Waals surface area contributed by atoms with Crippen LogP contribution in [0, 0.1) is 11.8 Å². The fourth-order valence-electron chi connectivity index (χ4n) is 5.53. The number of carbonyl (C=O) groups is 1. The first-order valence-electron chi connectivity index (χ1n) is 16.6. The molecule has 0 saturated carbocycles. The van der Waals surface area contributed by atoms with Gasteiger partial charge in [-0.2, -0.15) is 0 Å². The highest BCUT2D eigenvalue weighted by Gasteiger charge is 2.25. The lowest BCUT2D eigenvalue weighted by Crippen LogP contribution is -2.43. The SMILES string of the molecule is CC(C)C[C@@H](CS(=O)(=O)Cc1cnc2ccccc2c1)NC(=O)OC(C)(C)C.CC(C)C[C@H](N)CS(=O)(=O)Cc1cnc2ccccc2c1.Cl.Cl. The van der Waals surface area contributed by atoms with Gasteiger partial charge in [0.25, 0.3) is 0 Å². The molecule has 0 fully saturated rings. The summed E-state index contributed by atoms with van der Waals surface area (Å²) < 4.78 is 55.3. The Kier molecular flexibility index (Phi) is 18.3. The molecule has 2 aromatic carbocycles. The molecule has 0 bridgehead atoms. The van der Waals surface area contributed by atoms with Crippen LogP contribution in [0.5, 0.6) is 0 Å². The van der Waals surface area contributed by atoms with Crippen LogP contribution in [0.15, 0.2) is 73.1 Å². The Balaban J connectivity index is 0.000000509. The van der Waals surface area contributed by atoms with Crippen LogP contribution in [-0.2, 0) is 35.9 Å². The molecule has 0 saturated heterocycles. The fraction of sp³-hybridized carbons (Fsp3) is 0.486. The number of nitrogens with zero attached hydrogens (tertiary/aromatic N) is 2. The first-order chi connectivity index (χ1) is 22.8. The van der Waals surface area contributed by atoms with Gasteiger partial charge in [-0.25, -0.2) is 21.6 Å². The van der Waals surface area contributed by atoms with E-state index < -0.39 is 37.4 Å². The molecule has 0 aliphatic carbocycles. The maximum absolute atomic E-state index is 12.8. The number of hydrogen-bond donors (Lipinski definition) is 2. The topological polar surface area (TPSA) is 158 Å². The van der Waals surface area contributed by atoms with Crippen molar-refractivity contribution in [2.45, 2.75) is 90.5 Å². The Bertz CT molecular complexity index is 1920. The molecule has 4 aromatic rings. The molecule has 2 atom stereocenters. The molecule has 1 amide bonds. The summed E-state index contributed by atoms with van der Waals surface area (Å²) in [5.41, 5.74) is 8.32. The average molecular weight is 786 g/mol. The zero-order chi connectivity index (χ0) is 36.4. The molecule has 2 aromatic heterocycles. The van der Waals surface area contributed by atoms with Crippen LogP contribution in [-0.4, -0.2) is 62.1 Å². The van der Waals surface area contributed by atoms with E-state index in [1.54, 1.807) is 33.2 Å². The molecule has 0 unspecified atom stereocenters. The molecule has 0 radical (unpaired) electrons. The standard InChI is InChI=1S/C21H30N2O4S.C16H22N2O2S.2ClH/c1-15(2)10-18(23-20(24)27-21(3,4)5)14-28(25,26)13-16-11-17-8-6-7-9-19(17)22-12-16;1-12(2)7-15(17)11-21(19,20)10-13-8-14-5-3-4-6-16(14)18-9-13;;/h6-9,11-12,15,18H,10,13-14H2,1-5H3,(H,23,24);3-6,8-9,12,15H,7,10-11,17H2,1-2H3;2*1H/t18-;15-;;/m00../s1. The second-order valence-electron chi connectivity index (χ2n) is 14.5. The number of rotatable bonds is 13. The van der Waals surface area contributed by atoms with Crippen molar-refractivity contribution in [1.82, 2.24) is 15.3 Å². The number of nitrogens with one attached hydrogen (secondary N) is 1. The summed E-state index contributed by atoms with van der Waals surface area (Å²) in [6.07, 6.45) is 3.90. The lowest BCUT2D eigenvalue weighted by molar-refractivity contribution is 0.0504. The van der Waals surface area contributed by atoms with Gasteiger partial charge in [-0.3, -0.25) is 9.97 Å². The van der Waals surface area contributed by atoms with Gasteiger partial charge in [0.2, 0.25) is 0 Å². The predicted octanol–water partition coefficient (Wildman–Crippen LogP) is 7.46. The summed E-state index contributed by atoms with van der Waals surface area (Å²) in [5.74, 6) is 0.399. The Morgan fingerprint density at radius 2 is 1.18 bits per heavy atom. The molecule has 10 nitrogen and oxygen atoms in total.